The van der Waals surface area contributed by atoms with Crippen LogP contribution in [0.2, 0.25) is 5.02 Å². The molecule has 1 atom stereocenters. The predicted molar refractivity (Wildman–Crippen MR) is 87.5 cm³/mol. The molecule has 23 heavy (non-hydrogen) atoms. The lowest BCUT2D eigenvalue weighted by atomic mass is 10.2. The van der Waals surface area contributed by atoms with Gasteiger partial charge in [0.15, 0.2) is 6.10 Å². The van der Waals surface area contributed by atoms with Crippen LogP contribution in [0.4, 0.5) is 0 Å². The average molecular weight is 340 g/mol. The van der Waals surface area contributed by atoms with E-state index < -0.39 is 6.10 Å². The van der Waals surface area contributed by atoms with Crippen LogP contribution in [0.1, 0.15) is 33.1 Å². The van der Waals surface area contributed by atoms with Gasteiger partial charge in [0.05, 0.1) is 13.0 Å². The van der Waals surface area contributed by atoms with Crippen LogP contribution < -0.4 is 4.74 Å². The molecular weight excluding hydrogens is 318 g/mol. The van der Waals surface area contributed by atoms with Crippen LogP contribution in [0, 0.1) is 0 Å². The van der Waals surface area contributed by atoms with E-state index in [2.05, 4.69) is 0 Å². The molecule has 0 N–H and O–H groups in total. The molecule has 0 bridgehead atoms. The van der Waals surface area contributed by atoms with E-state index in [1.54, 1.807) is 43.0 Å². The summed E-state index contributed by atoms with van der Waals surface area (Å²) in [4.78, 5) is 25.8. The number of hydrogen-bond acceptors (Lipinski definition) is 4. The van der Waals surface area contributed by atoms with Crippen LogP contribution in [-0.2, 0) is 14.3 Å². The van der Waals surface area contributed by atoms with Crippen molar-refractivity contribution in [2.45, 2.75) is 45.3 Å². The van der Waals surface area contributed by atoms with Crippen molar-refractivity contribution in [2.75, 3.05) is 13.2 Å². The molecule has 0 spiro atoms. The zero-order valence-corrected chi connectivity index (χ0v) is 14.2. The van der Waals surface area contributed by atoms with Gasteiger partial charge >= 0.3 is 5.97 Å². The summed E-state index contributed by atoms with van der Waals surface area (Å²) in [5.74, 6) is 0.209. The van der Waals surface area contributed by atoms with Gasteiger partial charge in [0.2, 0.25) is 0 Å². The van der Waals surface area contributed by atoms with Crippen LogP contribution in [0.3, 0.4) is 0 Å². The fourth-order valence-electron chi connectivity index (χ4n) is 2.31. The summed E-state index contributed by atoms with van der Waals surface area (Å²) in [7, 11) is 0. The second-order valence-electron chi connectivity index (χ2n) is 5.53. The van der Waals surface area contributed by atoms with E-state index in [4.69, 9.17) is 21.1 Å². The molecule has 5 nitrogen and oxygen atoms in total. The van der Waals surface area contributed by atoms with Gasteiger partial charge in [0, 0.05) is 17.6 Å². The molecule has 1 saturated carbocycles. The highest BCUT2D eigenvalue weighted by atomic mass is 35.5. The van der Waals surface area contributed by atoms with Gasteiger partial charge in [-0.2, -0.15) is 0 Å². The summed E-state index contributed by atoms with van der Waals surface area (Å²) >= 11 is 5.83. The van der Waals surface area contributed by atoms with E-state index in [9.17, 15) is 9.59 Å². The number of esters is 1. The Morgan fingerprint density at radius 3 is 2.52 bits per heavy atom. The molecule has 0 heterocycles. The number of halogens is 1. The standard InChI is InChI=1S/C17H22ClNO4/c1-3-22-16(20)10-11-19(14-6-7-14)17(21)12(2)23-15-8-4-13(18)5-9-15/h4-5,8-9,12,14H,3,6-7,10-11H2,1-2H3. The molecule has 126 valence electrons. The van der Waals surface area contributed by atoms with Gasteiger partial charge in [-0.25, -0.2) is 0 Å². The summed E-state index contributed by atoms with van der Waals surface area (Å²) in [6, 6.07) is 7.10. The van der Waals surface area contributed by atoms with Crippen molar-refractivity contribution in [3.8, 4) is 5.75 Å². The van der Waals surface area contributed by atoms with Crippen molar-refractivity contribution in [3.63, 3.8) is 0 Å². The Kier molecular flexibility index (Phi) is 6.28. The topological polar surface area (TPSA) is 55.8 Å². The summed E-state index contributed by atoms with van der Waals surface area (Å²) < 4.78 is 10.6. The Morgan fingerprint density at radius 1 is 1.30 bits per heavy atom. The van der Waals surface area contributed by atoms with E-state index in [1.165, 1.54) is 0 Å². The Morgan fingerprint density at radius 2 is 1.96 bits per heavy atom. The third-order valence-electron chi connectivity index (χ3n) is 3.61. The Bertz CT molecular complexity index is 542. The number of benzene rings is 1. The summed E-state index contributed by atoms with van der Waals surface area (Å²) in [5, 5.41) is 0.616. The first kappa shape index (κ1) is 17.6. The summed E-state index contributed by atoms with van der Waals surface area (Å²) in [5.41, 5.74) is 0. The summed E-state index contributed by atoms with van der Waals surface area (Å²) in [6.07, 6.45) is 1.55. The minimum Gasteiger partial charge on any atom is -0.481 e. The lowest BCUT2D eigenvalue weighted by molar-refractivity contribution is -0.145. The van der Waals surface area contributed by atoms with E-state index in [1.807, 2.05) is 0 Å². The SMILES string of the molecule is CCOC(=O)CCN(C(=O)C(C)Oc1ccc(Cl)cc1)C1CC1. The van der Waals surface area contributed by atoms with E-state index in [-0.39, 0.29) is 24.3 Å². The molecule has 1 aliphatic carbocycles. The number of hydrogen-bond donors (Lipinski definition) is 0. The molecule has 1 aliphatic rings. The fraction of sp³-hybridized carbons (Fsp3) is 0.529. The number of carbonyl (C=O) groups excluding carboxylic acids is 2. The van der Waals surface area contributed by atoms with Crippen molar-refractivity contribution < 1.29 is 19.1 Å². The second kappa shape index (κ2) is 8.20. The number of carbonyl (C=O) groups is 2. The molecule has 0 aromatic heterocycles. The van der Waals surface area contributed by atoms with Crippen molar-refractivity contribution >= 4 is 23.5 Å². The first-order valence-corrected chi connectivity index (χ1v) is 8.27. The van der Waals surface area contributed by atoms with Crippen molar-refractivity contribution in [2.24, 2.45) is 0 Å². The first-order valence-electron chi connectivity index (χ1n) is 7.89. The third-order valence-corrected chi connectivity index (χ3v) is 3.86. The van der Waals surface area contributed by atoms with Crippen LogP contribution >= 0.6 is 11.6 Å². The van der Waals surface area contributed by atoms with Crippen molar-refractivity contribution in [3.05, 3.63) is 29.3 Å². The molecule has 1 aromatic rings. The van der Waals surface area contributed by atoms with Gasteiger partial charge in [0.1, 0.15) is 5.75 Å². The quantitative estimate of drug-likeness (QED) is 0.683. The average Bonchev–Trinajstić information content (AvgIpc) is 3.34. The van der Waals surface area contributed by atoms with E-state index in [0.29, 0.717) is 23.9 Å². The Hall–Kier alpha value is -1.75. The Balaban J connectivity index is 1.91. The second-order valence-corrected chi connectivity index (χ2v) is 5.97. The fourth-order valence-corrected chi connectivity index (χ4v) is 2.43. The first-order chi connectivity index (χ1) is 11.0. The largest absolute Gasteiger partial charge is 0.481 e. The van der Waals surface area contributed by atoms with Crippen LogP contribution in [0.25, 0.3) is 0 Å². The normalized spacial score (nSPS) is 14.9. The van der Waals surface area contributed by atoms with Gasteiger partial charge in [-0.3, -0.25) is 9.59 Å². The zero-order chi connectivity index (χ0) is 16.8. The maximum absolute atomic E-state index is 12.6. The number of ether oxygens (including phenoxy) is 2. The molecule has 6 heteroatoms. The molecule has 0 saturated heterocycles. The lowest BCUT2D eigenvalue weighted by Gasteiger charge is -2.25. The maximum atomic E-state index is 12.6. The van der Waals surface area contributed by atoms with Gasteiger partial charge in [0.25, 0.3) is 5.91 Å². The predicted octanol–water partition coefficient (Wildman–Crippen LogP) is 3.05. The minimum absolute atomic E-state index is 0.105. The van der Waals surface area contributed by atoms with Crippen LogP contribution in [0.15, 0.2) is 24.3 Å². The van der Waals surface area contributed by atoms with Gasteiger partial charge in [-0.15, -0.1) is 0 Å². The lowest BCUT2D eigenvalue weighted by Crippen LogP contribution is -2.43. The molecule has 1 aromatic carbocycles. The van der Waals surface area contributed by atoms with Crippen LogP contribution in [0.5, 0.6) is 5.75 Å². The molecule has 1 unspecified atom stereocenters. The third kappa shape index (κ3) is 5.43. The molecule has 0 aliphatic heterocycles. The zero-order valence-electron chi connectivity index (χ0n) is 13.5. The molecular formula is C17H22ClNO4. The maximum Gasteiger partial charge on any atom is 0.307 e. The highest BCUT2D eigenvalue weighted by Crippen LogP contribution is 2.28. The number of nitrogens with zero attached hydrogens (tertiary/aromatic N) is 1. The molecule has 1 fully saturated rings. The highest BCUT2D eigenvalue weighted by molar-refractivity contribution is 6.30. The van der Waals surface area contributed by atoms with Gasteiger partial charge in [-0.1, -0.05) is 11.6 Å². The molecule has 2 rings (SSSR count). The van der Waals surface area contributed by atoms with E-state index >= 15 is 0 Å². The minimum atomic E-state index is -0.612. The molecule has 0 radical (unpaired) electrons. The number of rotatable bonds is 8. The highest BCUT2D eigenvalue weighted by Gasteiger charge is 2.35. The van der Waals surface area contributed by atoms with Crippen molar-refractivity contribution in [1.82, 2.24) is 4.90 Å². The van der Waals surface area contributed by atoms with Gasteiger partial charge < -0.3 is 14.4 Å². The van der Waals surface area contributed by atoms with Crippen molar-refractivity contribution in [1.29, 1.82) is 0 Å². The number of amides is 1. The van der Waals surface area contributed by atoms with Gasteiger partial charge in [-0.05, 0) is 51.0 Å². The van der Waals surface area contributed by atoms with E-state index in [0.717, 1.165) is 12.8 Å². The monoisotopic (exact) mass is 339 g/mol. The van der Waals surface area contributed by atoms with Crippen LogP contribution in [-0.4, -0.2) is 42.1 Å². The Labute approximate surface area is 141 Å². The summed E-state index contributed by atoms with van der Waals surface area (Å²) in [6.45, 7) is 4.21. The molecule has 1 amide bonds. The smallest absolute Gasteiger partial charge is 0.307 e.